The SMILES string of the molecule is Cn1cc(N2C(=O)CC3C2CCN3C(=O)c2ccncc2)cn1. The van der Waals surface area contributed by atoms with E-state index >= 15 is 0 Å². The van der Waals surface area contributed by atoms with Crippen molar-refractivity contribution in [3.8, 4) is 0 Å². The van der Waals surface area contributed by atoms with Crippen LogP contribution in [-0.4, -0.2) is 50.1 Å². The number of rotatable bonds is 2. The van der Waals surface area contributed by atoms with E-state index < -0.39 is 0 Å². The molecule has 0 aliphatic carbocycles. The smallest absolute Gasteiger partial charge is 0.254 e. The number of aromatic nitrogens is 3. The van der Waals surface area contributed by atoms with E-state index in [0.29, 0.717) is 18.5 Å². The predicted octanol–water partition coefficient (Wildman–Crippen LogP) is 0.835. The third-order valence-corrected chi connectivity index (χ3v) is 4.65. The Kier molecular flexibility index (Phi) is 3.14. The van der Waals surface area contributed by atoms with E-state index in [4.69, 9.17) is 0 Å². The van der Waals surface area contributed by atoms with Crippen molar-refractivity contribution in [2.75, 3.05) is 11.4 Å². The second-order valence-corrected chi connectivity index (χ2v) is 6.00. The first-order valence-corrected chi connectivity index (χ1v) is 7.67. The second kappa shape index (κ2) is 5.19. The lowest BCUT2D eigenvalue weighted by atomic mass is 10.1. The summed E-state index contributed by atoms with van der Waals surface area (Å²) in [5.74, 6) is 0.0287. The van der Waals surface area contributed by atoms with Crippen molar-refractivity contribution in [2.24, 2.45) is 7.05 Å². The quantitative estimate of drug-likeness (QED) is 0.824. The van der Waals surface area contributed by atoms with E-state index in [1.54, 1.807) is 40.3 Å². The van der Waals surface area contributed by atoms with Gasteiger partial charge in [-0.05, 0) is 18.6 Å². The minimum atomic E-state index is -0.0663. The summed E-state index contributed by atoms with van der Waals surface area (Å²) in [6.07, 6.45) is 7.94. The molecular weight excluding hydrogens is 294 g/mol. The molecule has 0 bridgehead atoms. The van der Waals surface area contributed by atoms with Gasteiger partial charge < -0.3 is 9.80 Å². The molecule has 23 heavy (non-hydrogen) atoms. The number of fused-ring (bicyclic) bond motifs is 1. The molecule has 2 amide bonds. The number of carbonyl (C=O) groups excluding carboxylic acids is 2. The average molecular weight is 311 g/mol. The maximum Gasteiger partial charge on any atom is 0.254 e. The molecule has 7 nitrogen and oxygen atoms in total. The summed E-state index contributed by atoms with van der Waals surface area (Å²) in [7, 11) is 1.83. The molecule has 2 atom stereocenters. The Morgan fingerprint density at radius 2 is 2.04 bits per heavy atom. The number of likely N-dealkylation sites (tertiary alicyclic amines) is 1. The molecule has 4 rings (SSSR count). The van der Waals surface area contributed by atoms with Gasteiger partial charge in [0.15, 0.2) is 0 Å². The highest BCUT2D eigenvalue weighted by atomic mass is 16.2. The van der Waals surface area contributed by atoms with Crippen molar-refractivity contribution < 1.29 is 9.59 Å². The number of amides is 2. The molecule has 0 spiro atoms. The Morgan fingerprint density at radius 1 is 1.26 bits per heavy atom. The molecule has 118 valence electrons. The summed E-state index contributed by atoms with van der Waals surface area (Å²) < 4.78 is 1.69. The number of aryl methyl sites for hydroxylation is 1. The first kappa shape index (κ1) is 13.9. The van der Waals surface area contributed by atoms with Crippen LogP contribution < -0.4 is 4.90 Å². The minimum absolute atomic E-state index is 0.0271. The van der Waals surface area contributed by atoms with Crippen molar-refractivity contribution in [2.45, 2.75) is 24.9 Å². The molecule has 0 N–H and O–H groups in total. The summed E-state index contributed by atoms with van der Waals surface area (Å²) in [6, 6.07) is 3.40. The third kappa shape index (κ3) is 2.19. The molecule has 0 radical (unpaired) electrons. The van der Waals surface area contributed by atoms with Gasteiger partial charge in [0.2, 0.25) is 5.91 Å². The van der Waals surface area contributed by atoms with E-state index in [0.717, 1.165) is 12.1 Å². The fourth-order valence-corrected chi connectivity index (χ4v) is 3.63. The van der Waals surface area contributed by atoms with E-state index in [9.17, 15) is 9.59 Å². The van der Waals surface area contributed by atoms with Gasteiger partial charge in [0.05, 0.1) is 24.0 Å². The van der Waals surface area contributed by atoms with Crippen molar-refractivity contribution in [3.63, 3.8) is 0 Å². The van der Waals surface area contributed by atoms with Gasteiger partial charge in [-0.1, -0.05) is 0 Å². The van der Waals surface area contributed by atoms with Crippen molar-refractivity contribution in [3.05, 3.63) is 42.5 Å². The minimum Gasteiger partial charge on any atom is -0.333 e. The van der Waals surface area contributed by atoms with E-state index in [1.165, 1.54) is 0 Å². The third-order valence-electron chi connectivity index (χ3n) is 4.65. The zero-order chi connectivity index (χ0) is 16.0. The fraction of sp³-hybridized carbons (Fsp3) is 0.375. The summed E-state index contributed by atoms with van der Waals surface area (Å²) >= 11 is 0. The standard InChI is InChI=1S/C16H17N5O2/c1-19-10-12(9-18-19)21-13-4-7-20(14(13)8-15(21)22)16(23)11-2-5-17-6-3-11/h2-3,5-6,9-10,13-14H,4,7-8H2,1H3. The number of pyridine rings is 1. The molecule has 2 aromatic heterocycles. The topological polar surface area (TPSA) is 71.3 Å². The van der Waals surface area contributed by atoms with Gasteiger partial charge in [0, 0.05) is 44.2 Å². The molecule has 0 aromatic carbocycles. The Balaban J connectivity index is 1.60. The molecule has 2 aliphatic rings. The maximum absolute atomic E-state index is 12.7. The maximum atomic E-state index is 12.7. The van der Waals surface area contributed by atoms with Crippen LogP contribution in [0.15, 0.2) is 36.9 Å². The lowest BCUT2D eigenvalue weighted by Crippen LogP contribution is -2.39. The Morgan fingerprint density at radius 3 is 2.74 bits per heavy atom. The summed E-state index contributed by atoms with van der Waals surface area (Å²) in [5, 5.41) is 4.15. The lowest BCUT2D eigenvalue weighted by Gasteiger charge is -2.24. The number of hydrogen-bond donors (Lipinski definition) is 0. The average Bonchev–Trinajstić information content (AvgIpc) is 3.22. The van der Waals surface area contributed by atoms with Gasteiger partial charge in [-0.2, -0.15) is 5.10 Å². The zero-order valence-corrected chi connectivity index (χ0v) is 12.8. The number of anilines is 1. The Bertz CT molecular complexity index is 757. The van der Waals surface area contributed by atoms with Gasteiger partial charge in [-0.3, -0.25) is 19.3 Å². The van der Waals surface area contributed by atoms with Crippen LogP contribution in [0.4, 0.5) is 5.69 Å². The monoisotopic (exact) mass is 311 g/mol. The van der Waals surface area contributed by atoms with Crippen LogP contribution in [0.1, 0.15) is 23.2 Å². The Hall–Kier alpha value is -2.70. The second-order valence-electron chi connectivity index (χ2n) is 6.00. The molecular formula is C16H17N5O2. The molecule has 2 unspecified atom stereocenters. The largest absolute Gasteiger partial charge is 0.333 e. The molecule has 2 aliphatic heterocycles. The first-order valence-electron chi connectivity index (χ1n) is 7.67. The summed E-state index contributed by atoms with van der Waals surface area (Å²) in [6.45, 7) is 0.667. The van der Waals surface area contributed by atoms with E-state index in [2.05, 4.69) is 10.1 Å². The van der Waals surface area contributed by atoms with Gasteiger partial charge in [0.1, 0.15) is 0 Å². The number of hydrogen-bond acceptors (Lipinski definition) is 4. The molecule has 4 heterocycles. The number of carbonyl (C=O) groups is 2. The molecule has 0 saturated carbocycles. The van der Waals surface area contributed by atoms with Crippen LogP contribution in [-0.2, 0) is 11.8 Å². The molecule has 7 heteroatoms. The Labute approximate surface area is 133 Å². The predicted molar refractivity (Wildman–Crippen MR) is 82.8 cm³/mol. The van der Waals surface area contributed by atoms with Crippen LogP contribution in [0.2, 0.25) is 0 Å². The van der Waals surface area contributed by atoms with E-state index in [1.807, 2.05) is 18.1 Å². The van der Waals surface area contributed by atoms with Gasteiger partial charge >= 0.3 is 0 Å². The highest BCUT2D eigenvalue weighted by Crippen LogP contribution is 2.36. The molecule has 2 aromatic rings. The molecule has 2 saturated heterocycles. The van der Waals surface area contributed by atoms with Crippen molar-refractivity contribution in [1.29, 1.82) is 0 Å². The highest BCUT2D eigenvalue weighted by Gasteiger charge is 2.49. The highest BCUT2D eigenvalue weighted by molar-refractivity contribution is 6.00. The normalized spacial score (nSPS) is 23.4. The van der Waals surface area contributed by atoms with Crippen LogP contribution in [0.3, 0.4) is 0 Å². The summed E-state index contributed by atoms with van der Waals surface area (Å²) in [5.41, 5.74) is 1.43. The van der Waals surface area contributed by atoms with Crippen LogP contribution in [0, 0.1) is 0 Å². The van der Waals surface area contributed by atoms with Crippen LogP contribution in [0.5, 0.6) is 0 Å². The summed E-state index contributed by atoms with van der Waals surface area (Å²) in [4.78, 5) is 32.7. The number of nitrogens with zero attached hydrogens (tertiary/aromatic N) is 5. The van der Waals surface area contributed by atoms with Crippen molar-refractivity contribution >= 4 is 17.5 Å². The van der Waals surface area contributed by atoms with E-state index in [-0.39, 0.29) is 23.9 Å². The van der Waals surface area contributed by atoms with Crippen LogP contribution >= 0.6 is 0 Å². The van der Waals surface area contributed by atoms with Crippen molar-refractivity contribution in [1.82, 2.24) is 19.7 Å². The van der Waals surface area contributed by atoms with Crippen LogP contribution in [0.25, 0.3) is 0 Å². The zero-order valence-electron chi connectivity index (χ0n) is 12.8. The van der Waals surface area contributed by atoms with Gasteiger partial charge in [0.25, 0.3) is 5.91 Å². The van der Waals surface area contributed by atoms with Gasteiger partial charge in [-0.15, -0.1) is 0 Å². The lowest BCUT2D eigenvalue weighted by molar-refractivity contribution is -0.117. The van der Waals surface area contributed by atoms with Gasteiger partial charge in [-0.25, -0.2) is 0 Å². The first-order chi connectivity index (χ1) is 11.1. The fourth-order valence-electron chi connectivity index (χ4n) is 3.63. The molecule has 2 fully saturated rings.